The minimum atomic E-state index is -4.07. The van der Waals surface area contributed by atoms with E-state index >= 15 is 0 Å². The molecule has 6 heteroatoms. The Hall–Kier alpha value is -2.31. The Balaban J connectivity index is 0.000000147. The van der Waals surface area contributed by atoms with Gasteiger partial charge in [0.15, 0.2) is 0 Å². The molecule has 1 N–H and O–H groups in total. The van der Waals surface area contributed by atoms with E-state index < -0.39 is 10.1 Å². The molecule has 2 aromatic heterocycles. The Morgan fingerprint density at radius 1 is 0.900 bits per heavy atom. The van der Waals surface area contributed by atoms with E-state index in [4.69, 9.17) is 4.55 Å². The fourth-order valence-corrected chi connectivity index (χ4v) is 1.96. The van der Waals surface area contributed by atoms with Gasteiger partial charge in [0, 0.05) is 24.0 Å². The standard InChI is InChI=1S/C9H7N.C5H5NO3S/c1-2-6-9-8(4-1)5-3-7-10-9;7-10(8,9)5-2-1-3-6-4-5/h1-7H;1-4H,(H,7,8,9). The van der Waals surface area contributed by atoms with Gasteiger partial charge in [-0.25, -0.2) is 0 Å². The van der Waals surface area contributed by atoms with Gasteiger partial charge in [-0.05, 0) is 24.3 Å². The molecule has 0 atom stereocenters. The minimum absolute atomic E-state index is 0.185. The average molecular weight is 288 g/mol. The van der Waals surface area contributed by atoms with Gasteiger partial charge >= 0.3 is 0 Å². The molecule has 0 aliphatic heterocycles. The van der Waals surface area contributed by atoms with Gasteiger partial charge in [-0.15, -0.1) is 0 Å². The molecular formula is C14H12N2O3S. The summed E-state index contributed by atoms with van der Waals surface area (Å²) >= 11 is 0. The summed E-state index contributed by atoms with van der Waals surface area (Å²) in [5.74, 6) is 0. The number of hydrogen-bond donors (Lipinski definition) is 1. The van der Waals surface area contributed by atoms with Crippen LogP contribution < -0.4 is 0 Å². The van der Waals surface area contributed by atoms with E-state index in [0.29, 0.717) is 0 Å². The summed E-state index contributed by atoms with van der Waals surface area (Å²) in [6.45, 7) is 0. The van der Waals surface area contributed by atoms with E-state index in [1.54, 1.807) is 0 Å². The second-order valence-electron chi connectivity index (χ2n) is 3.86. The lowest BCUT2D eigenvalue weighted by Gasteiger charge is -1.91. The van der Waals surface area contributed by atoms with Crippen LogP contribution in [0.15, 0.2) is 72.0 Å². The highest BCUT2D eigenvalue weighted by Gasteiger charge is 2.06. The molecule has 102 valence electrons. The Kier molecular flexibility index (Phi) is 4.39. The van der Waals surface area contributed by atoms with Crippen LogP contribution in [-0.4, -0.2) is 22.9 Å². The number of rotatable bonds is 1. The number of aromatic nitrogens is 2. The highest BCUT2D eigenvalue weighted by Crippen LogP contribution is 2.07. The van der Waals surface area contributed by atoms with E-state index in [-0.39, 0.29) is 4.90 Å². The van der Waals surface area contributed by atoms with Crippen LogP contribution in [0.1, 0.15) is 0 Å². The first-order chi connectivity index (χ1) is 9.57. The van der Waals surface area contributed by atoms with Gasteiger partial charge in [-0.2, -0.15) is 8.42 Å². The molecule has 20 heavy (non-hydrogen) atoms. The lowest BCUT2D eigenvalue weighted by Crippen LogP contribution is -1.97. The van der Waals surface area contributed by atoms with E-state index in [1.165, 1.54) is 23.7 Å². The molecule has 1 aromatic carbocycles. The summed E-state index contributed by atoms with van der Waals surface area (Å²) in [7, 11) is -4.07. The van der Waals surface area contributed by atoms with E-state index in [1.807, 2.05) is 30.5 Å². The van der Waals surface area contributed by atoms with E-state index in [9.17, 15) is 8.42 Å². The number of pyridine rings is 2. The van der Waals surface area contributed by atoms with E-state index in [0.717, 1.165) is 11.7 Å². The summed E-state index contributed by atoms with van der Waals surface area (Å²) in [6.07, 6.45) is 4.31. The second-order valence-corrected chi connectivity index (χ2v) is 5.28. The van der Waals surface area contributed by atoms with Crippen LogP contribution >= 0.6 is 0 Å². The van der Waals surface area contributed by atoms with Crippen molar-refractivity contribution in [1.29, 1.82) is 0 Å². The molecule has 3 rings (SSSR count). The highest BCUT2D eigenvalue weighted by atomic mass is 32.2. The molecule has 0 radical (unpaired) electrons. The summed E-state index contributed by atoms with van der Waals surface area (Å²) in [6, 6.07) is 14.8. The summed E-state index contributed by atoms with van der Waals surface area (Å²) < 4.78 is 29.1. The molecule has 0 unspecified atom stereocenters. The molecule has 0 aliphatic rings. The van der Waals surface area contributed by atoms with Crippen molar-refractivity contribution >= 4 is 21.0 Å². The molecule has 0 bridgehead atoms. The highest BCUT2D eigenvalue weighted by molar-refractivity contribution is 7.85. The first kappa shape index (κ1) is 14.1. The zero-order valence-corrected chi connectivity index (χ0v) is 11.2. The number of benzene rings is 1. The largest absolute Gasteiger partial charge is 0.296 e. The van der Waals surface area contributed by atoms with Crippen LogP contribution in [0.5, 0.6) is 0 Å². The lowest BCUT2D eigenvalue weighted by molar-refractivity contribution is 0.483. The summed E-state index contributed by atoms with van der Waals surface area (Å²) in [5, 5.41) is 1.20. The zero-order valence-electron chi connectivity index (χ0n) is 10.4. The maximum absolute atomic E-state index is 10.3. The molecule has 0 fully saturated rings. The van der Waals surface area contributed by atoms with Gasteiger partial charge in [0.1, 0.15) is 4.90 Å². The summed E-state index contributed by atoms with van der Waals surface area (Å²) in [4.78, 5) is 7.51. The Bertz CT molecular complexity index is 724. The molecule has 0 amide bonds. The number of hydrogen-bond acceptors (Lipinski definition) is 4. The second kappa shape index (κ2) is 6.23. The van der Waals surface area contributed by atoms with Crippen LogP contribution in [-0.2, 0) is 10.1 Å². The van der Waals surface area contributed by atoms with Crippen molar-refractivity contribution in [3.63, 3.8) is 0 Å². The van der Waals surface area contributed by atoms with Gasteiger partial charge in [0.05, 0.1) is 5.52 Å². The predicted molar refractivity (Wildman–Crippen MR) is 75.8 cm³/mol. The lowest BCUT2D eigenvalue weighted by atomic mass is 10.2. The molecule has 2 heterocycles. The van der Waals surface area contributed by atoms with Gasteiger partial charge in [-0.3, -0.25) is 14.5 Å². The maximum Gasteiger partial charge on any atom is 0.296 e. The molecule has 0 spiro atoms. The molecule has 5 nitrogen and oxygen atoms in total. The third kappa shape index (κ3) is 3.84. The van der Waals surface area contributed by atoms with Gasteiger partial charge < -0.3 is 0 Å². The van der Waals surface area contributed by atoms with Crippen molar-refractivity contribution in [2.45, 2.75) is 4.90 Å². The van der Waals surface area contributed by atoms with Crippen molar-refractivity contribution in [1.82, 2.24) is 9.97 Å². The Labute approximate surface area is 116 Å². The van der Waals surface area contributed by atoms with Crippen molar-refractivity contribution in [3.8, 4) is 0 Å². The average Bonchev–Trinajstić information content (AvgIpc) is 2.48. The number of fused-ring (bicyclic) bond motifs is 1. The molecule has 0 saturated carbocycles. The molecule has 3 aromatic rings. The van der Waals surface area contributed by atoms with Crippen molar-refractivity contribution in [2.75, 3.05) is 0 Å². The van der Waals surface area contributed by atoms with Gasteiger partial charge in [-0.1, -0.05) is 24.3 Å². The Morgan fingerprint density at radius 2 is 1.60 bits per heavy atom. The fraction of sp³-hybridized carbons (Fsp3) is 0. The van der Waals surface area contributed by atoms with Crippen LogP contribution in [0, 0.1) is 0 Å². The molecule has 0 aliphatic carbocycles. The Morgan fingerprint density at radius 3 is 2.20 bits per heavy atom. The molecular weight excluding hydrogens is 276 g/mol. The number of para-hydroxylation sites is 1. The quantitative estimate of drug-likeness (QED) is 0.696. The smallest absolute Gasteiger partial charge is 0.282 e. The fourth-order valence-electron chi connectivity index (χ4n) is 1.52. The van der Waals surface area contributed by atoms with Gasteiger partial charge in [0.2, 0.25) is 0 Å². The zero-order chi connectivity index (χ0) is 14.4. The number of nitrogens with zero attached hydrogens (tertiary/aromatic N) is 2. The normalized spacial score (nSPS) is 10.7. The van der Waals surface area contributed by atoms with Crippen LogP contribution in [0.3, 0.4) is 0 Å². The van der Waals surface area contributed by atoms with E-state index in [2.05, 4.69) is 22.1 Å². The van der Waals surface area contributed by atoms with Crippen molar-refractivity contribution in [3.05, 3.63) is 67.1 Å². The van der Waals surface area contributed by atoms with Crippen molar-refractivity contribution in [2.24, 2.45) is 0 Å². The first-order valence-electron chi connectivity index (χ1n) is 5.74. The van der Waals surface area contributed by atoms with Crippen LogP contribution in [0.25, 0.3) is 10.9 Å². The third-order valence-corrected chi connectivity index (χ3v) is 3.28. The van der Waals surface area contributed by atoms with Crippen LogP contribution in [0.4, 0.5) is 0 Å². The predicted octanol–water partition coefficient (Wildman–Crippen LogP) is 2.56. The maximum atomic E-state index is 10.3. The topological polar surface area (TPSA) is 80.2 Å². The minimum Gasteiger partial charge on any atom is -0.282 e. The van der Waals surface area contributed by atoms with Gasteiger partial charge in [0.25, 0.3) is 10.1 Å². The third-order valence-electron chi connectivity index (χ3n) is 2.44. The van der Waals surface area contributed by atoms with Crippen molar-refractivity contribution < 1.29 is 13.0 Å². The SMILES string of the molecule is O=S(=O)(O)c1cccnc1.c1ccc2ncccc2c1. The monoisotopic (exact) mass is 288 g/mol. The van der Waals surface area contributed by atoms with Crippen LogP contribution in [0.2, 0.25) is 0 Å². The first-order valence-corrected chi connectivity index (χ1v) is 7.19. The summed E-state index contributed by atoms with van der Waals surface area (Å²) in [5.41, 5.74) is 1.06. The molecule has 0 saturated heterocycles.